The summed E-state index contributed by atoms with van der Waals surface area (Å²) in [5, 5.41) is 11.6. The van der Waals surface area contributed by atoms with Crippen molar-refractivity contribution in [2.24, 2.45) is 5.92 Å². The number of nitrogens with one attached hydrogen (secondary N) is 1. The number of ether oxygens (including phenoxy) is 1. The second-order valence-corrected chi connectivity index (χ2v) is 7.09. The molecule has 2 atom stereocenters. The minimum Gasteiger partial charge on any atom is -0.481 e. The third kappa shape index (κ3) is 3.05. The van der Waals surface area contributed by atoms with Crippen molar-refractivity contribution < 1.29 is 19.0 Å². The van der Waals surface area contributed by atoms with Crippen molar-refractivity contribution in [3.05, 3.63) is 29.7 Å². The van der Waals surface area contributed by atoms with Crippen LogP contribution in [0.15, 0.2) is 18.3 Å². The third-order valence-corrected chi connectivity index (χ3v) is 5.57. The van der Waals surface area contributed by atoms with Crippen molar-refractivity contribution >= 4 is 17.1 Å². The zero-order valence-corrected chi connectivity index (χ0v) is 14.5. The monoisotopic (exact) mass is 360 g/mol. The zero-order valence-electron chi connectivity index (χ0n) is 14.5. The van der Waals surface area contributed by atoms with E-state index < -0.39 is 6.09 Å². The van der Waals surface area contributed by atoms with Gasteiger partial charge in [-0.15, -0.1) is 0 Å². The number of pyridine rings is 2. The number of methoxy groups -OCH3 is 1. The van der Waals surface area contributed by atoms with E-state index in [1.807, 2.05) is 0 Å². The van der Waals surface area contributed by atoms with Crippen LogP contribution in [-0.2, 0) is 6.42 Å². The summed E-state index contributed by atoms with van der Waals surface area (Å²) >= 11 is 0. The minimum absolute atomic E-state index is 0.230. The average Bonchev–Trinajstić information content (AvgIpc) is 3.32. The van der Waals surface area contributed by atoms with Crippen LogP contribution in [0.2, 0.25) is 0 Å². The lowest BCUT2D eigenvalue weighted by Crippen LogP contribution is -2.46. The van der Waals surface area contributed by atoms with E-state index in [9.17, 15) is 9.18 Å². The van der Waals surface area contributed by atoms with Crippen molar-refractivity contribution in [1.82, 2.24) is 20.2 Å². The van der Waals surface area contributed by atoms with Crippen LogP contribution in [0.4, 0.5) is 9.18 Å². The van der Waals surface area contributed by atoms with Crippen molar-refractivity contribution in [1.29, 1.82) is 0 Å². The molecule has 26 heavy (non-hydrogen) atoms. The van der Waals surface area contributed by atoms with Crippen LogP contribution >= 0.6 is 0 Å². The van der Waals surface area contributed by atoms with E-state index in [1.165, 1.54) is 13.3 Å². The summed E-state index contributed by atoms with van der Waals surface area (Å²) in [6, 6.07) is 3.49. The highest BCUT2D eigenvalue weighted by Gasteiger charge is 2.57. The highest BCUT2D eigenvalue weighted by atomic mass is 19.1. The van der Waals surface area contributed by atoms with E-state index >= 15 is 0 Å². The third-order valence-electron chi connectivity index (χ3n) is 5.57. The predicted molar refractivity (Wildman–Crippen MR) is 92.8 cm³/mol. The molecule has 2 aromatic heterocycles. The quantitative estimate of drug-likeness (QED) is 0.849. The van der Waals surface area contributed by atoms with Gasteiger partial charge in [-0.05, 0) is 31.2 Å². The van der Waals surface area contributed by atoms with E-state index in [-0.39, 0.29) is 11.4 Å². The molecule has 138 valence electrons. The fourth-order valence-electron chi connectivity index (χ4n) is 4.02. The number of rotatable bonds is 5. The minimum atomic E-state index is -0.953. The molecule has 2 N–H and O–H groups in total. The maximum atomic E-state index is 14.4. The number of hydrogen-bond donors (Lipinski definition) is 2. The van der Waals surface area contributed by atoms with Crippen molar-refractivity contribution in [2.75, 3.05) is 26.7 Å². The van der Waals surface area contributed by atoms with Gasteiger partial charge >= 0.3 is 6.09 Å². The highest BCUT2D eigenvalue weighted by Crippen LogP contribution is 2.49. The van der Waals surface area contributed by atoms with E-state index in [0.29, 0.717) is 41.4 Å². The molecule has 1 saturated carbocycles. The lowest BCUT2D eigenvalue weighted by Gasteiger charge is -2.31. The first-order valence-electron chi connectivity index (χ1n) is 8.72. The van der Waals surface area contributed by atoms with Crippen LogP contribution in [0.5, 0.6) is 5.88 Å². The molecule has 2 aromatic rings. The number of hydrogen-bond acceptors (Lipinski definition) is 5. The van der Waals surface area contributed by atoms with Gasteiger partial charge in [0.2, 0.25) is 5.88 Å². The summed E-state index contributed by atoms with van der Waals surface area (Å²) in [4.78, 5) is 21.6. The first-order chi connectivity index (χ1) is 12.5. The maximum Gasteiger partial charge on any atom is 0.405 e. The molecule has 4 rings (SSSR count). The molecule has 2 fully saturated rings. The summed E-state index contributed by atoms with van der Waals surface area (Å²) in [5.74, 6) is 0.430. The highest BCUT2D eigenvalue weighted by molar-refractivity contribution is 5.78. The molecule has 2 unspecified atom stereocenters. The predicted octanol–water partition coefficient (Wildman–Crippen LogP) is 2.05. The average molecular weight is 360 g/mol. The normalized spacial score (nSPS) is 24.9. The molecule has 8 heteroatoms. The van der Waals surface area contributed by atoms with Crippen molar-refractivity contribution in [2.45, 2.75) is 24.8 Å². The standard InChI is InChI=1S/C18H21FN4O3/c1-26-15-3-2-14-16(21-15)12(13(19)9-20-14)4-6-23-7-5-18(22-17(24)25)8-11(18)10-23/h2-3,9,11,22H,4-8,10H2,1H3,(H,24,25). The molecular formula is C18H21FN4O3. The molecule has 1 aliphatic heterocycles. The van der Waals surface area contributed by atoms with Crippen LogP contribution in [0.1, 0.15) is 18.4 Å². The molecule has 0 aromatic carbocycles. The topological polar surface area (TPSA) is 87.6 Å². The Kier molecular flexibility index (Phi) is 4.14. The van der Waals surface area contributed by atoms with E-state index in [0.717, 1.165) is 25.9 Å². The molecule has 1 amide bonds. The van der Waals surface area contributed by atoms with E-state index in [2.05, 4.69) is 20.2 Å². The fourth-order valence-corrected chi connectivity index (χ4v) is 4.02. The van der Waals surface area contributed by atoms with Gasteiger partial charge in [-0.3, -0.25) is 4.98 Å². The van der Waals surface area contributed by atoms with Crippen molar-refractivity contribution in [3.63, 3.8) is 0 Å². The summed E-state index contributed by atoms with van der Waals surface area (Å²) in [7, 11) is 1.53. The second-order valence-electron chi connectivity index (χ2n) is 7.09. The summed E-state index contributed by atoms with van der Waals surface area (Å²) in [6.45, 7) is 2.34. The van der Waals surface area contributed by atoms with E-state index in [1.54, 1.807) is 12.1 Å². The molecule has 0 spiro atoms. The lowest BCUT2D eigenvalue weighted by atomic mass is 10.0. The molecule has 2 aliphatic rings. The molecule has 1 saturated heterocycles. The largest absolute Gasteiger partial charge is 0.481 e. The molecule has 7 nitrogen and oxygen atoms in total. The first-order valence-corrected chi connectivity index (χ1v) is 8.72. The van der Waals surface area contributed by atoms with Gasteiger partial charge in [0.25, 0.3) is 0 Å². The molecule has 1 aliphatic carbocycles. The smallest absolute Gasteiger partial charge is 0.405 e. The van der Waals surface area contributed by atoms with Gasteiger partial charge < -0.3 is 20.1 Å². The van der Waals surface area contributed by atoms with Gasteiger partial charge in [0.1, 0.15) is 5.82 Å². The Labute approximate surface area is 150 Å². The number of aromatic nitrogens is 2. The van der Waals surface area contributed by atoms with Gasteiger partial charge in [0.15, 0.2) is 0 Å². The first kappa shape index (κ1) is 17.0. The summed E-state index contributed by atoms with van der Waals surface area (Å²) in [6.07, 6.45) is 2.50. The van der Waals surface area contributed by atoms with Crippen LogP contribution < -0.4 is 10.1 Å². The van der Waals surface area contributed by atoms with Crippen LogP contribution in [-0.4, -0.2) is 58.4 Å². The number of piperidine rings is 1. The molecule has 0 radical (unpaired) electrons. The lowest BCUT2D eigenvalue weighted by molar-refractivity contribution is 0.165. The fraction of sp³-hybridized carbons (Fsp3) is 0.500. The Balaban J connectivity index is 1.46. The van der Waals surface area contributed by atoms with Gasteiger partial charge in [-0.2, -0.15) is 0 Å². The van der Waals surface area contributed by atoms with Crippen molar-refractivity contribution in [3.8, 4) is 5.88 Å². The number of nitrogens with zero attached hydrogens (tertiary/aromatic N) is 3. The Bertz CT molecular complexity index is 862. The summed E-state index contributed by atoms with van der Waals surface area (Å²) < 4.78 is 19.5. The SMILES string of the molecule is COc1ccc2ncc(F)c(CCN3CCC4(NC(=O)O)CC4C3)c2n1. The molecular weight excluding hydrogens is 339 g/mol. The van der Waals surface area contributed by atoms with Gasteiger partial charge in [-0.1, -0.05) is 0 Å². The summed E-state index contributed by atoms with van der Waals surface area (Å²) in [5.41, 5.74) is 1.50. The number of likely N-dealkylation sites (tertiary alicyclic amines) is 1. The number of halogens is 1. The van der Waals surface area contributed by atoms with E-state index in [4.69, 9.17) is 9.84 Å². The number of fused-ring (bicyclic) bond motifs is 2. The maximum absolute atomic E-state index is 14.4. The number of amides is 1. The Hall–Kier alpha value is -2.48. The molecule has 0 bridgehead atoms. The van der Waals surface area contributed by atoms with Gasteiger partial charge in [0.05, 0.1) is 24.3 Å². The Morgan fingerprint density at radius 2 is 2.38 bits per heavy atom. The Morgan fingerprint density at radius 1 is 1.54 bits per heavy atom. The van der Waals surface area contributed by atoms with Gasteiger partial charge in [-0.25, -0.2) is 14.2 Å². The second kappa shape index (κ2) is 6.35. The number of carboxylic acid groups (broad SMARTS) is 1. The van der Waals surface area contributed by atoms with Crippen LogP contribution in [0.3, 0.4) is 0 Å². The molecule has 3 heterocycles. The Morgan fingerprint density at radius 3 is 3.12 bits per heavy atom. The van der Waals surface area contributed by atoms with Crippen LogP contribution in [0.25, 0.3) is 11.0 Å². The van der Waals surface area contributed by atoms with Gasteiger partial charge in [0, 0.05) is 36.8 Å². The number of carbonyl (C=O) groups is 1. The zero-order chi connectivity index (χ0) is 18.3. The van der Waals surface area contributed by atoms with Crippen LogP contribution in [0, 0.1) is 11.7 Å².